The van der Waals surface area contributed by atoms with E-state index in [0.29, 0.717) is 11.5 Å². The first-order valence-corrected chi connectivity index (χ1v) is 8.77. The number of piperidine rings is 1. The number of hydrazine groups is 1. The van der Waals surface area contributed by atoms with Gasteiger partial charge < -0.3 is 4.90 Å². The van der Waals surface area contributed by atoms with E-state index in [0.717, 1.165) is 12.8 Å². The summed E-state index contributed by atoms with van der Waals surface area (Å²) in [5.41, 5.74) is 4.93. The molecule has 2 saturated heterocycles. The predicted octanol–water partition coefficient (Wildman–Crippen LogP) is -0.591. The van der Waals surface area contributed by atoms with Crippen LogP contribution in [0.25, 0.3) is 0 Å². The van der Waals surface area contributed by atoms with Crippen molar-refractivity contribution in [2.75, 3.05) is 6.54 Å². The van der Waals surface area contributed by atoms with Gasteiger partial charge in [-0.25, -0.2) is 10.2 Å². The van der Waals surface area contributed by atoms with E-state index < -0.39 is 33.9 Å². The first-order valence-electron chi connectivity index (χ1n) is 7.41. The zero-order chi connectivity index (χ0) is 17.0. The third-order valence-corrected chi connectivity index (χ3v) is 4.89. The van der Waals surface area contributed by atoms with Gasteiger partial charge in [0, 0.05) is 12.6 Å². The van der Waals surface area contributed by atoms with E-state index >= 15 is 0 Å². The lowest BCUT2D eigenvalue weighted by molar-refractivity contribution is -0.129. The number of fused-ring (bicyclic) bond motifs is 2. The fraction of sp³-hybridized carbons (Fsp3) is 0.833. The molecule has 2 aliphatic heterocycles. The van der Waals surface area contributed by atoms with Crippen LogP contribution >= 0.6 is 0 Å². The zero-order valence-electron chi connectivity index (χ0n) is 12.9. The summed E-state index contributed by atoms with van der Waals surface area (Å²) in [5, 5.41) is 0.650. The summed E-state index contributed by atoms with van der Waals surface area (Å²) >= 11 is 0. The van der Waals surface area contributed by atoms with Crippen molar-refractivity contribution in [3.63, 3.8) is 0 Å². The molecule has 3 aliphatic rings. The minimum atomic E-state index is -4.81. The van der Waals surface area contributed by atoms with Gasteiger partial charge in [0.25, 0.3) is 5.91 Å². The highest BCUT2D eigenvalue weighted by Gasteiger charge is 2.56. The highest BCUT2D eigenvalue weighted by Crippen LogP contribution is 2.42. The molecule has 0 aromatic heterocycles. The molecule has 23 heavy (non-hydrogen) atoms. The maximum atomic E-state index is 12.4. The first-order chi connectivity index (χ1) is 10.6. The number of carbonyl (C=O) groups is 2. The van der Waals surface area contributed by atoms with Crippen molar-refractivity contribution in [2.24, 2.45) is 5.41 Å². The molecule has 2 atom stereocenters. The molecule has 0 aromatic rings. The molecule has 3 fully saturated rings. The Bertz CT molecular complexity index is 631. The SMILES string of the molecule is CC1(C)C[C@@H](C(=O)NNC2CC2)N2CC1N(OS(=O)(=O)O)C2=O. The number of urea groups is 1. The highest BCUT2D eigenvalue weighted by molar-refractivity contribution is 7.80. The number of nitrogens with one attached hydrogen (secondary N) is 2. The van der Waals surface area contributed by atoms with Gasteiger partial charge in [-0.3, -0.25) is 14.8 Å². The van der Waals surface area contributed by atoms with Crippen LogP contribution in [0.2, 0.25) is 0 Å². The molecular weight excluding hydrogens is 328 g/mol. The largest absolute Gasteiger partial charge is 0.418 e. The average Bonchev–Trinajstić information content (AvgIpc) is 3.19. The van der Waals surface area contributed by atoms with Gasteiger partial charge >= 0.3 is 16.4 Å². The molecule has 11 heteroatoms. The second-order valence-corrected chi connectivity index (χ2v) is 7.90. The van der Waals surface area contributed by atoms with E-state index in [9.17, 15) is 18.0 Å². The van der Waals surface area contributed by atoms with E-state index in [2.05, 4.69) is 15.1 Å². The summed E-state index contributed by atoms with van der Waals surface area (Å²) in [6, 6.07) is -1.77. The maximum Gasteiger partial charge on any atom is 0.418 e. The normalized spacial score (nSPS) is 29.8. The van der Waals surface area contributed by atoms with E-state index in [-0.39, 0.29) is 18.5 Å². The van der Waals surface area contributed by atoms with Crippen LogP contribution in [0, 0.1) is 5.41 Å². The Kier molecular flexibility index (Phi) is 3.78. The molecule has 1 saturated carbocycles. The summed E-state index contributed by atoms with van der Waals surface area (Å²) in [7, 11) is -4.81. The fourth-order valence-electron chi connectivity index (χ4n) is 3.07. The molecule has 0 spiro atoms. The monoisotopic (exact) mass is 348 g/mol. The molecule has 3 amide bonds. The lowest BCUT2D eigenvalue weighted by Gasteiger charge is -2.40. The summed E-state index contributed by atoms with van der Waals surface area (Å²) < 4.78 is 35.2. The van der Waals surface area contributed by atoms with Crippen LogP contribution in [-0.2, 0) is 19.5 Å². The molecule has 2 bridgehead atoms. The van der Waals surface area contributed by atoms with Crippen molar-refractivity contribution in [1.29, 1.82) is 0 Å². The predicted molar refractivity (Wildman–Crippen MR) is 76.8 cm³/mol. The number of hydrogen-bond acceptors (Lipinski definition) is 6. The Morgan fingerprint density at radius 3 is 2.61 bits per heavy atom. The van der Waals surface area contributed by atoms with E-state index in [1.165, 1.54) is 4.90 Å². The van der Waals surface area contributed by atoms with Crippen LogP contribution in [0.15, 0.2) is 0 Å². The topological polar surface area (TPSA) is 128 Å². The lowest BCUT2D eigenvalue weighted by atomic mass is 9.76. The van der Waals surface area contributed by atoms with Crippen LogP contribution in [0.1, 0.15) is 33.1 Å². The molecule has 130 valence electrons. The van der Waals surface area contributed by atoms with Crippen molar-refractivity contribution in [2.45, 2.75) is 51.2 Å². The van der Waals surface area contributed by atoms with Gasteiger partial charge in [-0.2, -0.15) is 13.5 Å². The highest BCUT2D eigenvalue weighted by atomic mass is 32.3. The number of carbonyl (C=O) groups excluding carboxylic acids is 2. The van der Waals surface area contributed by atoms with Crippen molar-refractivity contribution in [3.05, 3.63) is 0 Å². The van der Waals surface area contributed by atoms with Gasteiger partial charge in [0.1, 0.15) is 6.04 Å². The molecular formula is C12H20N4O6S. The summed E-state index contributed by atoms with van der Waals surface area (Å²) in [5.74, 6) is -0.342. The minimum absolute atomic E-state index is 0.156. The number of nitrogens with zero attached hydrogens (tertiary/aromatic N) is 2. The third-order valence-electron chi connectivity index (χ3n) is 4.54. The van der Waals surface area contributed by atoms with E-state index in [1.54, 1.807) is 0 Å². The van der Waals surface area contributed by atoms with Crippen LogP contribution in [0.3, 0.4) is 0 Å². The third kappa shape index (κ3) is 3.27. The molecule has 3 N–H and O–H groups in total. The van der Waals surface area contributed by atoms with Gasteiger partial charge in [-0.15, -0.1) is 4.28 Å². The Morgan fingerprint density at radius 2 is 2.04 bits per heavy atom. The van der Waals surface area contributed by atoms with E-state index in [4.69, 9.17) is 4.55 Å². The maximum absolute atomic E-state index is 12.4. The van der Waals surface area contributed by atoms with Gasteiger partial charge in [-0.05, 0) is 24.7 Å². The second kappa shape index (κ2) is 5.30. The smallest absolute Gasteiger partial charge is 0.309 e. The summed E-state index contributed by atoms with van der Waals surface area (Å²) in [6.07, 6.45) is 2.35. The van der Waals surface area contributed by atoms with Crippen LogP contribution in [-0.4, -0.2) is 59.5 Å². The Hall–Kier alpha value is -1.43. The van der Waals surface area contributed by atoms with Crippen molar-refractivity contribution >= 4 is 22.3 Å². The fourth-order valence-corrected chi connectivity index (χ4v) is 3.44. The second-order valence-electron chi connectivity index (χ2n) is 6.90. The summed E-state index contributed by atoms with van der Waals surface area (Å²) in [6.45, 7) is 3.80. The average molecular weight is 348 g/mol. The molecule has 1 aliphatic carbocycles. The Labute approximate surface area is 134 Å². The van der Waals surface area contributed by atoms with Crippen LogP contribution < -0.4 is 10.9 Å². The molecule has 1 unspecified atom stereocenters. The molecule has 0 aromatic carbocycles. The van der Waals surface area contributed by atoms with Crippen molar-refractivity contribution in [1.82, 2.24) is 20.8 Å². The molecule has 3 rings (SSSR count). The number of hydroxylamine groups is 2. The summed E-state index contributed by atoms with van der Waals surface area (Å²) in [4.78, 5) is 26.0. The Balaban J connectivity index is 1.78. The first kappa shape index (κ1) is 16.4. The molecule has 10 nitrogen and oxygen atoms in total. The van der Waals surface area contributed by atoms with Gasteiger partial charge in [-0.1, -0.05) is 13.8 Å². The minimum Gasteiger partial charge on any atom is -0.309 e. The number of rotatable bonds is 5. The van der Waals surface area contributed by atoms with Gasteiger partial charge in [0.2, 0.25) is 0 Å². The Morgan fingerprint density at radius 1 is 1.39 bits per heavy atom. The van der Waals surface area contributed by atoms with Crippen molar-refractivity contribution in [3.8, 4) is 0 Å². The number of amides is 3. The number of hydrogen-bond donors (Lipinski definition) is 3. The van der Waals surface area contributed by atoms with Gasteiger partial charge in [0.15, 0.2) is 0 Å². The molecule has 0 radical (unpaired) electrons. The van der Waals surface area contributed by atoms with Crippen molar-refractivity contribution < 1.29 is 26.8 Å². The quantitative estimate of drug-likeness (QED) is 0.447. The standard InChI is InChI=1S/C12H20N4O6S/c1-12(2)5-8(10(17)14-13-7-3-4-7)15-6-9(12)16(11(15)18)22-23(19,20)21/h7-9,13H,3-6H2,1-2H3,(H,14,17)(H,19,20,21)/t8-,9?/m0/s1. The lowest BCUT2D eigenvalue weighted by Crippen LogP contribution is -2.56. The van der Waals surface area contributed by atoms with E-state index in [1.807, 2.05) is 13.8 Å². The zero-order valence-corrected chi connectivity index (χ0v) is 13.7. The molecule has 2 heterocycles. The van der Waals surface area contributed by atoms with Gasteiger partial charge in [0.05, 0.1) is 6.04 Å². The van der Waals surface area contributed by atoms with Crippen LogP contribution in [0.4, 0.5) is 4.79 Å². The van der Waals surface area contributed by atoms with Crippen LogP contribution in [0.5, 0.6) is 0 Å².